The van der Waals surface area contributed by atoms with Crippen molar-refractivity contribution in [1.82, 2.24) is 0 Å². The number of rotatable bonds is 2. The molecular formula is C11H12N2O. The Kier molecular flexibility index (Phi) is 2.31. The number of hydrogen-bond acceptors (Lipinski definition) is 3. The quantitative estimate of drug-likeness (QED) is 0.662. The number of anilines is 1. The Labute approximate surface area is 83.1 Å². The summed E-state index contributed by atoms with van der Waals surface area (Å²) in [7, 11) is 0. The van der Waals surface area contributed by atoms with Gasteiger partial charge in [-0.3, -0.25) is 9.79 Å². The monoisotopic (exact) mass is 188 g/mol. The highest BCUT2D eigenvalue weighted by atomic mass is 16.1. The molecule has 0 aliphatic carbocycles. The molecule has 14 heavy (non-hydrogen) atoms. The largest absolute Gasteiger partial charge is 0.328 e. The minimum atomic E-state index is 0.726. The lowest BCUT2D eigenvalue weighted by Crippen LogP contribution is -2.25. The zero-order chi connectivity index (χ0) is 9.97. The van der Waals surface area contributed by atoms with E-state index in [9.17, 15) is 4.79 Å². The van der Waals surface area contributed by atoms with Crippen LogP contribution in [-0.4, -0.2) is 25.2 Å². The van der Waals surface area contributed by atoms with Gasteiger partial charge in [-0.05, 0) is 19.1 Å². The zero-order valence-electron chi connectivity index (χ0n) is 8.10. The van der Waals surface area contributed by atoms with Crippen LogP contribution in [-0.2, 0) is 0 Å². The SMILES string of the molecule is CC1=NCCN1c1ccccc1C=O. The highest BCUT2D eigenvalue weighted by Crippen LogP contribution is 2.21. The fourth-order valence-corrected chi connectivity index (χ4v) is 1.69. The van der Waals surface area contributed by atoms with Crippen LogP contribution in [0.15, 0.2) is 29.3 Å². The Morgan fingerprint density at radius 1 is 1.43 bits per heavy atom. The second kappa shape index (κ2) is 3.62. The molecule has 1 aliphatic heterocycles. The molecule has 0 fully saturated rings. The van der Waals surface area contributed by atoms with E-state index in [1.165, 1.54) is 0 Å². The second-order valence-corrected chi connectivity index (χ2v) is 3.26. The molecule has 0 bridgehead atoms. The van der Waals surface area contributed by atoms with Crippen molar-refractivity contribution in [2.75, 3.05) is 18.0 Å². The highest BCUT2D eigenvalue weighted by Gasteiger charge is 2.16. The first-order chi connectivity index (χ1) is 6.83. The zero-order valence-corrected chi connectivity index (χ0v) is 8.10. The van der Waals surface area contributed by atoms with Crippen LogP contribution in [0, 0.1) is 0 Å². The van der Waals surface area contributed by atoms with E-state index in [2.05, 4.69) is 9.89 Å². The Bertz CT molecular complexity index is 385. The van der Waals surface area contributed by atoms with Crippen LogP contribution in [0.2, 0.25) is 0 Å². The van der Waals surface area contributed by atoms with Gasteiger partial charge in [0.2, 0.25) is 0 Å². The summed E-state index contributed by atoms with van der Waals surface area (Å²) in [5, 5.41) is 0. The third-order valence-corrected chi connectivity index (χ3v) is 2.41. The lowest BCUT2D eigenvalue weighted by Gasteiger charge is -2.19. The molecule has 3 nitrogen and oxygen atoms in total. The van der Waals surface area contributed by atoms with Gasteiger partial charge < -0.3 is 4.90 Å². The number of carbonyl (C=O) groups excluding carboxylic acids is 1. The Morgan fingerprint density at radius 3 is 2.86 bits per heavy atom. The third-order valence-electron chi connectivity index (χ3n) is 2.41. The van der Waals surface area contributed by atoms with Crippen LogP contribution >= 0.6 is 0 Å². The normalized spacial score (nSPS) is 15.5. The van der Waals surface area contributed by atoms with Gasteiger partial charge in [0.05, 0.1) is 12.2 Å². The Balaban J connectivity index is 2.40. The topological polar surface area (TPSA) is 32.7 Å². The van der Waals surface area contributed by atoms with Gasteiger partial charge >= 0.3 is 0 Å². The molecule has 1 aromatic rings. The molecule has 0 amide bonds. The van der Waals surface area contributed by atoms with Gasteiger partial charge in [0, 0.05) is 12.1 Å². The summed E-state index contributed by atoms with van der Waals surface area (Å²) in [5.41, 5.74) is 1.69. The maximum atomic E-state index is 10.8. The van der Waals surface area contributed by atoms with Gasteiger partial charge in [-0.2, -0.15) is 0 Å². The lowest BCUT2D eigenvalue weighted by atomic mass is 10.2. The molecule has 1 heterocycles. The maximum absolute atomic E-state index is 10.8. The van der Waals surface area contributed by atoms with Gasteiger partial charge in [0.25, 0.3) is 0 Å². The molecule has 0 atom stereocenters. The van der Waals surface area contributed by atoms with Crippen molar-refractivity contribution in [3.05, 3.63) is 29.8 Å². The first-order valence-corrected chi connectivity index (χ1v) is 4.66. The van der Waals surface area contributed by atoms with Crippen LogP contribution < -0.4 is 4.90 Å². The second-order valence-electron chi connectivity index (χ2n) is 3.26. The average Bonchev–Trinajstić information content (AvgIpc) is 2.64. The van der Waals surface area contributed by atoms with Crippen LogP contribution in [0.5, 0.6) is 0 Å². The van der Waals surface area contributed by atoms with E-state index in [0.29, 0.717) is 0 Å². The summed E-state index contributed by atoms with van der Waals surface area (Å²) >= 11 is 0. The number of hydrogen-bond donors (Lipinski definition) is 0. The number of nitrogens with zero attached hydrogens (tertiary/aromatic N) is 2. The van der Waals surface area contributed by atoms with Crippen molar-refractivity contribution in [3.63, 3.8) is 0 Å². The van der Waals surface area contributed by atoms with E-state index in [-0.39, 0.29) is 0 Å². The third kappa shape index (κ3) is 1.41. The van der Waals surface area contributed by atoms with Crippen molar-refractivity contribution in [2.45, 2.75) is 6.92 Å². The van der Waals surface area contributed by atoms with Crippen molar-refractivity contribution >= 4 is 17.8 Å². The molecule has 0 saturated heterocycles. The van der Waals surface area contributed by atoms with Gasteiger partial charge in [0.1, 0.15) is 5.84 Å². The molecule has 2 rings (SSSR count). The number of benzene rings is 1. The fourth-order valence-electron chi connectivity index (χ4n) is 1.69. The van der Waals surface area contributed by atoms with E-state index in [0.717, 1.165) is 36.5 Å². The van der Waals surface area contributed by atoms with Crippen molar-refractivity contribution in [3.8, 4) is 0 Å². The minimum absolute atomic E-state index is 0.726. The molecule has 0 aromatic heterocycles. The van der Waals surface area contributed by atoms with Crippen LogP contribution in [0.25, 0.3) is 0 Å². The first-order valence-electron chi connectivity index (χ1n) is 4.66. The number of para-hydroxylation sites is 1. The summed E-state index contributed by atoms with van der Waals surface area (Å²) in [5.74, 6) is 0.985. The molecule has 1 aliphatic rings. The Morgan fingerprint density at radius 2 is 2.21 bits per heavy atom. The molecule has 0 N–H and O–H groups in total. The fraction of sp³-hybridized carbons (Fsp3) is 0.273. The van der Waals surface area contributed by atoms with E-state index in [1.54, 1.807) is 0 Å². The number of amidine groups is 1. The summed E-state index contributed by atoms with van der Waals surface area (Å²) in [6.45, 7) is 3.66. The van der Waals surface area contributed by atoms with Crippen LogP contribution in [0.4, 0.5) is 5.69 Å². The van der Waals surface area contributed by atoms with Crippen molar-refractivity contribution in [2.24, 2.45) is 4.99 Å². The van der Waals surface area contributed by atoms with Gasteiger partial charge in [0.15, 0.2) is 6.29 Å². The van der Waals surface area contributed by atoms with E-state index in [1.807, 2.05) is 31.2 Å². The molecule has 72 valence electrons. The standard InChI is InChI=1S/C11H12N2O/c1-9-12-6-7-13(9)11-5-3-2-4-10(11)8-14/h2-5,8H,6-7H2,1H3. The average molecular weight is 188 g/mol. The predicted molar refractivity (Wildman–Crippen MR) is 57.2 cm³/mol. The summed E-state index contributed by atoms with van der Waals surface area (Å²) in [6, 6.07) is 7.59. The summed E-state index contributed by atoms with van der Waals surface area (Å²) in [6.07, 6.45) is 0.890. The number of aliphatic imine (C=N–C) groups is 1. The smallest absolute Gasteiger partial charge is 0.152 e. The van der Waals surface area contributed by atoms with E-state index < -0.39 is 0 Å². The lowest BCUT2D eigenvalue weighted by molar-refractivity contribution is 0.112. The molecule has 0 saturated carbocycles. The number of aldehydes is 1. The molecule has 3 heteroatoms. The highest BCUT2D eigenvalue weighted by molar-refractivity contribution is 6.01. The molecule has 1 aromatic carbocycles. The molecule has 0 spiro atoms. The van der Waals surface area contributed by atoms with Gasteiger partial charge in [-0.1, -0.05) is 12.1 Å². The molecule has 0 radical (unpaired) electrons. The number of carbonyl (C=O) groups is 1. The van der Waals surface area contributed by atoms with Crippen molar-refractivity contribution in [1.29, 1.82) is 0 Å². The van der Waals surface area contributed by atoms with Gasteiger partial charge in [-0.15, -0.1) is 0 Å². The Hall–Kier alpha value is -1.64. The summed E-state index contributed by atoms with van der Waals surface area (Å²) in [4.78, 5) is 17.2. The molecular weight excluding hydrogens is 176 g/mol. The predicted octanol–water partition coefficient (Wildman–Crippen LogP) is 1.74. The first kappa shape index (κ1) is 8.94. The van der Waals surface area contributed by atoms with Crippen LogP contribution in [0.3, 0.4) is 0 Å². The van der Waals surface area contributed by atoms with E-state index >= 15 is 0 Å². The van der Waals surface area contributed by atoms with Gasteiger partial charge in [-0.25, -0.2) is 0 Å². The summed E-state index contributed by atoms with van der Waals surface area (Å²) < 4.78 is 0. The molecule has 0 unspecified atom stereocenters. The maximum Gasteiger partial charge on any atom is 0.152 e. The van der Waals surface area contributed by atoms with Crippen LogP contribution in [0.1, 0.15) is 17.3 Å². The van der Waals surface area contributed by atoms with E-state index in [4.69, 9.17) is 0 Å². The van der Waals surface area contributed by atoms with Crippen molar-refractivity contribution < 1.29 is 4.79 Å². The minimum Gasteiger partial charge on any atom is -0.328 e.